The predicted molar refractivity (Wildman–Crippen MR) is 92.9 cm³/mol. The van der Waals surface area contributed by atoms with Crippen molar-refractivity contribution in [2.75, 3.05) is 18.0 Å². The van der Waals surface area contributed by atoms with Crippen LogP contribution in [0.4, 0.5) is 5.82 Å². The van der Waals surface area contributed by atoms with Gasteiger partial charge in [-0.1, -0.05) is 6.07 Å². The minimum absolute atomic E-state index is 0.0236. The summed E-state index contributed by atoms with van der Waals surface area (Å²) in [6.07, 6.45) is 8.77. The Morgan fingerprint density at radius 2 is 2.08 bits per heavy atom. The number of anilines is 1. The summed E-state index contributed by atoms with van der Waals surface area (Å²) in [5, 5.41) is 18.0. The van der Waals surface area contributed by atoms with Gasteiger partial charge in [0.05, 0.1) is 18.3 Å². The second-order valence-corrected chi connectivity index (χ2v) is 7.00. The molecule has 0 spiro atoms. The molecule has 2 aromatic rings. The standard InChI is InChI=1S/C18H25N5O/c1-13-9-21-23(12-13)18-15(8-16(18)24)19-10-14-4-5-17(20-11-14)22-6-2-3-7-22/h4-5,9,11-12,15-16,18-19,24H,2-3,6-8,10H2,1H3/t15-,16+,18+/m0/s1. The van der Waals surface area contributed by atoms with Gasteiger partial charge in [0.25, 0.3) is 0 Å². The maximum atomic E-state index is 10.1. The molecule has 1 aliphatic heterocycles. The van der Waals surface area contributed by atoms with Gasteiger partial charge in [-0.15, -0.1) is 0 Å². The van der Waals surface area contributed by atoms with Crippen LogP contribution in [0.5, 0.6) is 0 Å². The molecular formula is C18H25N5O. The Bertz CT molecular complexity index is 677. The van der Waals surface area contributed by atoms with E-state index >= 15 is 0 Å². The number of aromatic nitrogens is 3. The van der Waals surface area contributed by atoms with Gasteiger partial charge in [0, 0.05) is 38.1 Å². The Hall–Kier alpha value is -1.92. The molecule has 0 aromatic carbocycles. The average molecular weight is 327 g/mol. The first-order valence-electron chi connectivity index (χ1n) is 8.83. The molecule has 2 N–H and O–H groups in total. The predicted octanol–water partition coefficient (Wildman–Crippen LogP) is 1.65. The average Bonchev–Trinajstić information content (AvgIpc) is 3.24. The van der Waals surface area contributed by atoms with E-state index in [-0.39, 0.29) is 18.2 Å². The molecular weight excluding hydrogens is 302 g/mol. The molecule has 0 unspecified atom stereocenters. The topological polar surface area (TPSA) is 66.2 Å². The van der Waals surface area contributed by atoms with Gasteiger partial charge in [0.15, 0.2) is 0 Å². The molecule has 4 rings (SSSR count). The van der Waals surface area contributed by atoms with E-state index in [1.165, 1.54) is 18.4 Å². The Kier molecular flexibility index (Phi) is 4.24. The molecule has 3 heterocycles. The summed E-state index contributed by atoms with van der Waals surface area (Å²) in [4.78, 5) is 6.94. The highest BCUT2D eigenvalue weighted by molar-refractivity contribution is 5.40. The SMILES string of the molecule is Cc1cnn([C@H]2[C@H](O)C[C@@H]2NCc2ccc(N3CCCC3)nc2)c1. The Morgan fingerprint density at radius 3 is 2.71 bits per heavy atom. The van der Waals surface area contributed by atoms with Gasteiger partial charge in [-0.25, -0.2) is 4.98 Å². The third-order valence-corrected chi connectivity index (χ3v) is 5.15. The molecule has 0 amide bonds. The normalized spacial score (nSPS) is 26.6. The van der Waals surface area contributed by atoms with Crippen LogP contribution in [0.1, 0.15) is 36.4 Å². The minimum Gasteiger partial charge on any atom is -0.391 e. The van der Waals surface area contributed by atoms with Crippen LogP contribution in [0.2, 0.25) is 0 Å². The highest BCUT2D eigenvalue weighted by atomic mass is 16.3. The Balaban J connectivity index is 1.34. The van der Waals surface area contributed by atoms with Crippen LogP contribution < -0.4 is 10.2 Å². The fraction of sp³-hybridized carbons (Fsp3) is 0.556. The number of nitrogens with zero attached hydrogens (tertiary/aromatic N) is 4. The van der Waals surface area contributed by atoms with Gasteiger partial charge in [-0.2, -0.15) is 5.10 Å². The molecule has 6 nitrogen and oxygen atoms in total. The largest absolute Gasteiger partial charge is 0.391 e. The maximum absolute atomic E-state index is 10.1. The maximum Gasteiger partial charge on any atom is 0.128 e. The number of hydrogen-bond donors (Lipinski definition) is 2. The van der Waals surface area contributed by atoms with Gasteiger partial charge < -0.3 is 15.3 Å². The zero-order chi connectivity index (χ0) is 16.5. The van der Waals surface area contributed by atoms with E-state index in [0.29, 0.717) is 0 Å². The molecule has 1 saturated carbocycles. The third kappa shape index (κ3) is 3.03. The quantitative estimate of drug-likeness (QED) is 0.874. The summed E-state index contributed by atoms with van der Waals surface area (Å²) in [5.41, 5.74) is 2.30. The summed E-state index contributed by atoms with van der Waals surface area (Å²) < 4.78 is 1.88. The number of aryl methyl sites for hydroxylation is 1. The fourth-order valence-corrected chi connectivity index (χ4v) is 3.68. The van der Waals surface area contributed by atoms with Gasteiger partial charge in [0.2, 0.25) is 0 Å². The molecule has 24 heavy (non-hydrogen) atoms. The summed E-state index contributed by atoms with van der Waals surface area (Å²) in [6, 6.07) is 4.54. The van der Waals surface area contributed by atoms with E-state index < -0.39 is 0 Å². The molecule has 2 aliphatic rings. The number of aliphatic hydroxyl groups excluding tert-OH is 1. The molecule has 1 aliphatic carbocycles. The third-order valence-electron chi connectivity index (χ3n) is 5.15. The zero-order valence-corrected chi connectivity index (χ0v) is 14.1. The first-order valence-corrected chi connectivity index (χ1v) is 8.83. The van der Waals surface area contributed by atoms with Crippen molar-refractivity contribution < 1.29 is 5.11 Å². The van der Waals surface area contributed by atoms with Crippen molar-refractivity contribution in [1.29, 1.82) is 0 Å². The van der Waals surface area contributed by atoms with Crippen LogP contribution in [-0.2, 0) is 6.54 Å². The van der Waals surface area contributed by atoms with E-state index in [9.17, 15) is 5.11 Å². The molecule has 6 heteroatoms. The summed E-state index contributed by atoms with van der Waals surface area (Å²) in [7, 11) is 0. The highest BCUT2D eigenvalue weighted by Crippen LogP contribution is 2.32. The lowest BCUT2D eigenvalue weighted by atomic mass is 9.83. The zero-order valence-electron chi connectivity index (χ0n) is 14.1. The van der Waals surface area contributed by atoms with E-state index in [2.05, 4.69) is 32.4 Å². The number of nitrogens with one attached hydrogen (secondary N) is 1. The lowest BCUT2D eigenvalue weighted by Gasteiger charge is -2.42. The van der Waals surface area contributed by atoms with Gasteiger partial charge in [-0.05, 0) is 43.4 Å². The van der Waals surface area contributed by atoms with Crippen LogP contribution in [-0.4, -0.2) is 45.1 Å². The molecule has 2 fully saturated rings. The first-order chi connectivity index (χ1) is 11.7. The lowest BCUT2D eigenvalue weighted by molar-refractivity contribution is -0.00824. The molecule has 0 bridgehead atoms. The van der Waals surface area contributed by atoms with Crippen LogP contribution >= 0.6 is 0 Å². The van der Waals surface area contributed by atoms with Crippen molar-refractivity contribution in [3.05, 3.63) is 41.9 Å². The van der Waals surface area contributed by atoms with Gasteiger partial charge >= 0.3 is 0 Å². The van der Waals surface area contributed by atoms with Crippen molar-refractivity contribution in [2.24, 2.45) is 0 Å². The van der Waals surface area contributed by atoms with Crippen molar-refractivity contribution in [2.45, 2.75) is 50.9 Å². The van der Waals surface area contributed by atoms with Gasteiger partial charge in [-0.3, -0.25) is 4.68 Å². The van der Waals surface area contributed by atoms with Gasteiger partial charge in [0.1, 0.15) is 5.82 Å². The molecule has 3 atom stereocenters. The highest BCUT2D eigenvalue weighted by Gasteiger charge is 2.41. The molecule has 0 radical (unpaired) electrons. The molecule has 128 valence electrons. The van der Waals surface area contributed by atoms with Crippen LogP contribution in [0.3, 0.4) is 0 Å². The monoisotopic (exact) mass is 327 g/mol. The smallest absolute Gasteiger partial charge is 0.128 e. The van der Waals surface area contributed by atoms with Crippen molar-refractivity contribution in [3.63, 3.8) is 0 Å². The number of rotatable bonds is 5. The first kappa shape index (κ1) is 15.6. The summed E-state index contributed by atoms with van der Waals surface area (Å²) in [6.45, 7) is 5.02. The van der Waals surface area contributed by atoms with Crippen molar-refractivity contribution >= 4 is 5.82 Å². The summed E-state index contributed by atoms with van der Waals surface area (Å²) >= 11 is 0. The van der Waals surface area contributed by atoms with Crippen LogP contribution in [0, 0.1) is 6.92 Å². The van der Waals surface area contributed by atoms with E-state index in [0.717, 1.165) is 37.4 Å². The van der Waals surface area contributed by atoms with Crippen LogP contribution in [0.25, 0.3) is 0 Å². The number of pyridine rings is 1. The second kappa shape index (κ2) is 6.53. The lowest BCUT2D eigenvalue weighted by Crippen LogP contribution is -2.54. The number of aliphatic hydroxyl groups is 1. The van der Waals surface area contributed by atoms with Crippen molar-refractivity contribution in [3.8, 4) is 0 Å². The molecule has 2 aromatic heterocycles. The van der Waals surface area contributed by atoms with E-state index in [4.69, 9.17) is 0 Å². The fourth-order valence-electron chi connectivity index (χ4n) is 3.68. The van der Waals surface area contributed by atoms with Crippen LogP contribution in [0.15, 0.2) is 30.7 Å². The Labute approximate surface area is 142 Å². The van der Waals surface area contributed by atoms with E-state index in [1.54, 1.807) is 0 Å². The van der Waals surface area contributed by atoms with E-state index in [1.807, 2.05) is 30.2 Å². The number of hydrogen-bond acceptors (Lipinski definition) is 5. The summed E-state index contributed by atoms with van der Waals surface area (Å²) in [5.74, 6) is 1.08. The Morgan fingerprint density at radius 1 is 1.25 bits per heavy atom. The molecule has 1 saturated heterocycles. The van der Waals surface area contributed by atoms with Crippen molar-refractivity contribution in [1.82, 2.24) is 20.1 Å². The second-order valence-electron chi connectivity index (χ2n) is 7.00. The minimum atomic E-state index is -0.322.